The van der Waals surface area contributed by atoms with E-state index in [2.05, 4.69) is 5.32 Å². The van der Waals surface area contributed by atoms with E-state index in [0.717, 1.165) is 28.3 Å². The van der Waals surface area contributed by atoms with Crippen LogP contribution in [-0.4, -0.2) is 56.6 Å². The van der Waals surface area contributed by atoms with Crippen LogP contribution in [0.2, 0.25) is 0 Å². The number of sulfonamides is 1. The van der Waals surface area contributed by atoms with Gasteiger partial charge in [-0.15, -0.1) is 0 Å². The number of rotatable bonds is 11. The van der Waals surface area contributed by atoms with Crippen molar-refractivity contribution in [3.05, 3.63) is 95.8 Å². The largest absolute Gasteiger partial charge is 0.497 e. The first kappa shape index (κ1) is 30.6. The monoisotopic (exact) mass is 569 g/mol. The molecule has 3 aromatic carbocycles. The Kier molecular flexibility index (Phi) is 9.92. The van der Waals surface area contributed by atoms with E-state index in [1.165, 1.54) is 24.1 Å². The van der Waals surface area contributed by atoms with Crippen LogP contribution < -0.4 is 14.4 Å². The third-order valence-electron chi connectivity index (χ3n) is 6.05. The average Bonchev–Trinajstić information content (AvgIpc) is 2.89. The Balaban J connectivity index is 2.08. The summed E-state index contributed by atoms with van der Waals surface area (Å²) in [6, 6.07) is 20.3. The molecule has 0 bridgehead atoms. The maximum absolute atomic E-state index is 14.0. The minimum Gasteiger partial charge on any atom is -0.497 e. The minimum atomic E-state index is -3.93. The number of nitrogens with one attached hydrogen (secondary N) is 1. The molecule has 10 heteroatoms. The van der Waals surface area contributed by atoms with E-state index >= 15 is 0 Å². The Labute approximate surface area is 235 Å². The number of carbonyl (C=O) groups is 2. The first-order chi connectivity index (χ1) is 18.8. The summed E-state index contributed by atoms with van der Waals surface area (Å²) in [7, 11) is -2.40. The lowest BCUT2D eigenvalue weighted by atomic mass is 10.0. The van der Waals surface area contributed by atoms with Crippen molar-refractivity contribution in [3.63, 3.8) is 0 Å². The van der Waals surface area contributed by atoms with E-state index in [1.807, 2.05) is 51.1 Å². The van der Waals surface area contributed by atoms with Crippen molar-refractivity contribution in [3.8, 4) is 5.75 Å². The fraction of sp³-hybridized carbons (Fsp3) is 0.333. The predicted molar refractivity (Wildman–Crippen MR) is 154 cm³/mol. The highest BCUT2D eigenvalue weighted by atomic mass is 32.2. The highest BCUT2D eigenvalue weighted by molar-refractivity contribution is 7.92. The zero-order chi connectivity index (χ0) is 29.5. The van der Waals surface area contributed by atoms with Gasteiger partial charge >= 0.3 is 0 Å². The second kappa shape index (κ2) is 13.0. The molecule has 0 saturated heterocycles. The number of amides is 2. The second-order valence-electron chi connectivity index (χ2n) is 10.6. The Morgan fingerprint density at radius 3 is 2.15 bits per heavy atom. The normalized spacial score (nSPS) is 12.3. The Bertz CT molecular complexity index is 1410. The molecule has 1 N–H and O–H groups in total. The van der Waals surface area contributed by atoms with Crippen molar-refractivity contribution in [1.82, 2.24) is 10.2 Å². The van der Waals surface area contributed by atoms with Gasteiger partial charge in [-0.25, -0.2) is 12.8 Å². The molecule has 0 fully saturated rings. The van der Waals surface area contributed by atoms with E-state index in [-0.39, 0.29) is 24.6 Å². The summed E-state index contributed by atoms with van der Waals surface area (Å²) >= 11 is 0. The molecule has 2 amide bonds. The average molecular weight is 570 g/mol. The molecule has 0 radical (unpaired) electrons. The standard InChI is InChI=1S/C30H36FN3O5S/c1-30(2,3)32-29(36)27(19-22-10-7-6-8-11-22)33(20-23-12-9-13-26(18-23)39-4)28(35)21-34(40(5,37)38)25-16-14-24(31)15-17-25/h6-18,27H,19-21H2,1-5H3,(H,32,36)/t27-/m0/s1. The Morgan fingerprint density at radius 2 is 1.57 bits per heavy atom. The number of ether oxygens (including phenoxy) is 1. The van der Waals surface area contributed by atoms with Crippen LogP contribution in [-0.2, 0) is 32.6 Å². The van der Waals surface area contributed by atoms with Gasteiger partial charge in [0.2, 0.25) is 21.8 Å². The summed E-state index contributed by atoms with van der Waals surface area (Å²) in [6.45, 7) is 4.98. The molecule has 8 nitrogen and oxygen atoms in total. The second-order valence-corrected chi connectivity index (χ2v) is 12.5. The van der Waals surface area contributed by atoms with Crippen LogP contribution in [0.3, 0.4) is 0 Å². The predicted octanol–water partition coefficient (Wildman–Crippen LogP) is 4.16. The van der Waals surface area contributed by atoms with Gasteiger partial charge in [0.15, 0.2) is 0 Å². The lowest BCUT2D eigenvalue weighted by Gasteiger charge is -2.35. The zero-order valence-electron chi connectivity index (χ0n) is 23.4. The molecule has 0 saturated carbocycles. The lowest BCUT2D eigenvalue weighted by molar-refractivity contribution is -0.140. The van der Waals surface area contributed by atoms with Crippen LogP contribution in [0, 0.1) is 5.82 Å². The number of halogens is 1. The van der Waals surface area contributed by atoms with Gasteiger partial charge in [0.1, 0.15) is 24.2 Å². The van der Waals surface area contributed by atoms with Crippen molar-refractivity contribution in [2.75, 3.05) is 24.2 Å². The molecule has 0 aromatic heterocycles. The fourth-order valence-corrected chi connectivity index (χ4v) is 5.05. The molecule has 40 heavy (non-hydrogen) atoms. The Morgan fingerprint density at radius 1 is 0.950 bits per heavy atom. The number of nitrogens with zero attached hydrogens (tertiary/aromatic N) is 2. The van der Waals surface area contributed by atoms with E-state index < -0.39 is 39.9 Å². The number of benzene rings is 3. The molecule has 3 rings (SSSR count). The molecular formula is C30H36FN3O5S. The molecule has 0 aliphatic heterocycles. The highest BCUT2D eigenvalue weighted by Gasteiger charge is 2.34. The molecule has 0 aliphatic carbocycles. The molecule has 1 atom stereocenters. The van der Waals surface area contributed by atoms with E-state index in [4.69, 9.17) is 4.74 Å². The van der Waals surface area contributed by atoms with Gasteiger partial charge in [-0.2, -0.15) is 0 Å². The quantitative estimate of drug-likeness (QED) is 0.374. The van der Waals surface area contributed by atoms with Crippen molar-refractivity contribution < 1.29 is 27.1 Å². The van der Waals surface area contributed by atoms with Crippen molar-refractivity contribution in [1.29, 1.82) is 0 Å². The summed E-state index contributed by atoms with van der Waals surface area (Å²) in [5.74, 6) is -0.930. The smallest absolute Gasteiger partial charge is 0.244 e. The van der Waals surface area contributed by atoms with Gasteiger partial charge in [-0.05, 0) is 68.3 Å². The summed E-state index contributed by atoms with van der Waals surface area (Å²) in [6.07, 6.45) is 1.18. The highest BCUT2D eigenvalue weighted by Crippen LogP contribution is 2.22. The summed E-state index contributed by atoms with van der Waals surface area (Å²) in [5, 5.41) is 2.97. The number of anilines is 1. The van der Waals surface area contributed by atoms with Crippen molar-refractivity contribution >= 4 is 27.5 Å². The van der Waals surface area contributed by atoms with Gasteiger partial charge in [-0.3, -0.25) is 13.9 Å². The van der Waals surface area contributed by atoms with Gasteiger partial charge in [0, 0.05) is 18.5 Å². The van der Waals surface area contributed by atoms with Gasteiger partial charge in [-0.1, -0.05) is 42.5 Å². The maximum atomic E-state index is 14.0. The van der Waals surface area contributed by atoms with Crippen LogP contribution in [0.15, 0.2) is 78.9 Å². The Hall–Kier alpha value is -3.92. The molecule has 0 unspecified atom stereocenters. The number of hydrogen-bond donors (Lipinski definition) is 1. The maximum Gasteiger partial charge on any atom is 0.244 e. The topological polar surface area (TPSA) is 96.0 Å². The van der Waals surface area contributed by atoms with Crippen LogP contribution >= 0.6 is 0 Å². The first-order valence-corrected chi connectivity index (χ1v) is 14.6. The molecular weight excluding hydrogens is 533 g/mol. The van der Waals surface area contributed by atoms with Crippen LogP contribution in [0.5, 0.6) is 5.75 Å². The number of methoxy groups -OCH3 is 1. The van der Waals surface area contributed by atoms with Crippen molar-refractivity contribution in [2.45, 2.75) is 45.3 Å². The van der Waals surface area contributed by atoms with Crippen LogP contribution in [0.1, 0.15) is 31.9 Å². The minimum absolute atomic E-state index is 0.0200. The van der Waals surface area contributed by atoms with E-state index in [9.17, 15) is 22.4 Å². The third-order valence-corrected chi connectivity index (χ3v) is 7.19. The molecule has 214 valence electrons. The SMILES string of the molecule is COc1cccc(CN(C(=O)CN(c2ccc(F)cc2)S(C)(=O)=O)[C@@H](Cc2ccccc2)C(=O)NC(C)(C)C)c1. The number of carbonyl (C=O) groups excluding carboxylic acids is 2. The fourth-order valence-electron chi connectivity index (χ4n) is 4.20. The molecule has 3 aromatic rings. The van der Waals surface area contributed by atoms with E-state index in [0.29, 0.717) is 11.3 Å². The zero-order valence-corrected chi connectivity index (χ0v) is 24.2. The summed E-state index contributed by atoms with van der Waals surface area (Å²) < 4.78 is 45.4. The third kappa shape index (κ3) is 8.81. The molecule has 0 heterocycles. The summed E-state index contributed by atoms with van der Waals surface area (Å²) in [4.78, 5) is 29.1. The van der Waals surface area contributed by atoms with Gasteiger partial charge in [0.25, 0.3) is 0 Å². The number of hydrogen-bond acceptors (Lipinski definition) is 5. The molecule has 0 spiro atoms. The van der Waals surface area contributed by atoms with Crippen molar-refractivity contribution in [2.24, 2.45) is 0 Å². The van der Waals surface area contributed by atoms with Crippen LogP contribution in [0.4, 0.5) is 10.1 Å². The van der Waals surface area contributed by atoms with Gasteiger partial charge < -0.3 is 15.0 Å². The van der Waals surface area contributed by atoms with Crippen LogP contribution in [0.25, 0.3) is 0 Å². The summed E-state index contributed by atoms with van der Waals surface area (Å²) in [5.41, 5.74) is 1.08. The first-order valence-electron chi connectivity index (χ1n) is 12.8. The molecule has 0 aliphatic rings. The lowest BCUT2D eigenvalue weighted by Crippen LogP contribution is -2.56. The van der Waals surface area contributed by atoms with Gasteiger partial charge in [0.05, 0.1) is 19.1 Å². The van der Waals surface area contributed by atoms with E-state index in [1.54, 1.807) is 24.3 Å².